The van der Waals surface area contributed by atoms with Gasteiger partial charge in [-0.2, -0.15) is 5.26 Å². The molecule has 0 saturated carbocycles. The number of nitriles is 1. The molecule has 2 aromatic rings. The van der Waals surface area contributed by atoms with Crippen molar-refractivity contribution in [1.82, 2.24) is 5.32 Å². The Labute approximate surface area is 144 Å². The van der Waals surface area contributed by atoms with Gasteiger partial charge in [0.1, 0.15) is 5.82 Å². The lowest BCUT2D eigenvalue weighted by Crippen LogP contribution is -2.28. The van der Waals surface area contributed by atoms with Crippen LogP contribution in [-0.4, -0.2) is 18.5 Å². The summed E-state index contributed by atoms with van der Waals surface area (Å²) in [6.45, 7) is -0.435. The Hall–Kier alpha value is -3.46. The maximum absolute atomic E-state index is 13.4. The smallest absolute Gasteiger partial charge is 0.331 e. The van der Waals surface area contributed by atoms with Crippen LogP contribution in [0.15, 0.2) is 54.6 Å². The largest absolute Gasteiger partial charge is 0.452 e. The molecule has 0 aliphatic heterocycles. The number of amides is 1. The third kappa shape index (κ3) is 5.92. The second-order valence-corrected chi connectivity index (χ2v) is 5.04. The molecule has 0 saturated heterocycles. The zero-order chi connectivity index (χ0) is 18.1. The summed E-state index contributed by atoms with van der Waals surface area (Å²) in [5.74, 6) is -1.61. The first-order valence-electron chi connectivity index (χ1n) is 7.43. The number of carbonyl (C=O) groups is 2. The van der Waals surface area contributed by atoms with E-state index in [4.69, 9.17) is 10.00 Å². The third-order valence-electron chi connectivity index (χ3n) is 3.23. The maximum atomic E-state index is 13.4. The lowest BCUT2D eigenvalue weighted by molar-refractivity contribution is -0.143. The fourth-order valence-electron chi connectivity index (χ4n) is 1.90. The van der Waals surface area contributed by atoms with Crippen molar-refractivity contribution in [1.29, 1.82) is 5.26 Å². The van der Waals surface area contributed by atoms with E-state index in [1.54, 1.807) is 42.5 Å². The predicted molar refractivity (Wildman–Crippen MR) is 89.4 cm³/mol. The van der Waals surface area contributed by atoms with Gasteiger partial charge in [0.2, 0.25) is 0 Å². The Morgan fingerprint density at radius 1 is 1.16 bits per heavy atom. The lowest BCUT2D eigenvalue weighted by atomic mass is 10.1. The molecule has 0 bridgehead atoms. The SMILES string of the molecule is N#Cc1ccc(/C=C/C(=O)OCC(=O)NCc2ccccc2F)cc1. The van der Waals surface area contributed by atoms with Gasteiger partial charge in [0, 0.05) is 18.2 Å². The number of esters is 1. The lowest BCUT2D eigenvalue weighted by Gasteiger charge is -2.06. The molecule has 2 rings (SSSR count). The van der Waals surface area contributed by atoms with Gasteiger partial charge in [0.05, 0.1) is 11.6 Å². The highest BCUT2D eigenvalue weighted by atomic mass is 19.1. The molecule has 0 atom stereocenters. The molecule has 126 valence electrons. The van der Waals surface area contributed by atoms with Crippen LogP contribution < -0.4 is 5.32 Å². The van der Waals surface area contributed by atoms with E-state index in [0.717, 1.165) is 5.56 Å². The van der Waals surface area contributed by atoms with Crippen molar-refractivity contribution in [2.75, 3.05) is 6.61 Å². The minimum atomic E-state index is -0.676. The summed E-state index contributed by atoms with van der Waals surface area (Å²) in [6.07, 6.45) is 2.70. The molecule has 0 aliphatic rings. The van der Waals surface area contributed by atoms with Gasteiger partial charge in [-0.3, -0.25) is 4.79 Å². The van der Waals surface area contributed by atoms with Gasteiger partial charge in [-0.25, -0.2) is 9.18 Å². The number of nitrogens with one attached hydrogen (secondary N) is 1. The van der Waals surface area contributed by atoms with Crippen LogP contribution in [-0.2, 0) is 20.9 Å². The normalized spacial score (nSPS) is 10.2. The van der Waals surface area contributed by atoms with Gasteiger partial charge in [-0.15, -0.1) is 0 Å². The molecule has 6 heteroatoms. The van der Waals surface area contributed by atoms with Crippen molar-refractivity contribution in [3.05, 3.63) is 77.1 Å². The first kappa shape index (κ1) is 17.9. The van der Waals surface area contributed by atoms with Crippen LogP contribution in [0.3, 0.4) is 0 Å². The van der Waals surface area contributed by atoms with Crippen molar-refractivity contribution in [3.8, 4) is 6.07 Å². The minimum absolute atomic E-state index is 0.0180. The summed E-state index contributed by atoms with van der Waals surface area (Å²) in [4.78, 5) is 23.2. The molecular weight excluding hydrogens is 323 g/mol. The Kier molecular flexibility index (Phi) is 6.43. The molecule has 0 aliphatic carbocycles. The van der Waals surface area contributed by atoms with Crippen LogP contribution in [0.5, 0.6) is 0 Å². The molecule has 25 heavy (non-hydrogen) atoms. The fourth-order valence-corrected chi connectivity index (χ4v) is 1.90. The van der Waals surface area contributed by atoms with E-state index in [1.807, 2.05) is 6.07 Å². The van der Waals surface area contributed by atoms with E-state index >= 15 is 0 Å². The van der Waals surface area contributed by atoms with E-state index in [2.05, 4.69) is 5.32 Å². The molecule has 0 spiro atoms. The van der Waals surface area contributed by atoms with Crippen molar-refractivity contribution in [3.63, 3.8) is 0 Å². The third-order valence-corrected chi connectivity index (χ3v) is 3.23. The van der Waals surface area contributed by atoms with Crippen LogP contribution >= 0.6 is 0 Å². The Morgan fingerprint density at radius 3 is 2.56 bits per heavy atom. The van der Waals surface area contributed by atoms with Gasteiger partial charge in [-0.05, 0) is 29.8 Å². The number of halogens is 1. The number of benzene rings is 2. The highest BCUT2D eigenvalue weighted by Gasteiger charge is 2.06. The quantitative estimate of drug-likeness (QED) is 0.648. The highest BCUT2D eigenvalue weighted by Crippen LogP contribution is 2.06. The van der Waals surface area contributed by atoms with Crippen molar-refractivity contribution < 1.29 is 18.7 Å². The van der Waals surface area contributed by atoms with Crippen LogP contribution in [0.2, 0.25) is 0 Å². The Bertz CT molecular complexity index is 823. The molecule has 0 aromatic heterocycles. The van der Waals surface area contributed by atoms with Crippen LogP contribution in [0.1, 0.15) is 16.7 Å². The average Bonchev–Trinajstić information content (AvgIpc) is 2.64. The molecule has 0 radical (unpaired) electrons. The van der Waals surface area contributed by atoms with Gasteiger partial charge in [0.25, 0.3) is 5.91 Å². The van der Waals surface area contributed by atoms with Crippen LogP contribution in [0.4, 0.5) is 4.39 Å². The van der Waals surface area contributed by atoms with Crippen LogP contribution in [0.25, 0.3) is 6.08 Å². The summed E-state index contributed by atoms with van der Waals surface area (Å²) in [5.41, 5.74) is 1.59. The first-order valence-corrected chi connectivity index (χ1v) is 7.43. The average molecular weight is 338 g/mol. The number of hydrogen-bond donors (Lipinski definition) is 1. The number of hydrogen-bond acceptors (Lipinski definition) is 4. The molecule has 5 nitrogen and oxygen atoms in total. The second-order valence-electron chi connectivity index (χ2n) is 5.04. The van der Waals surface area contributed by atoms with E-state index in [-0.39, 0.29) is 6.54 Å². The summed E-state index contributed by atoms with van der Waals surface area (Å²) in [6, 6.07) is 14.7. The molecule has 0 unspecified atom stereocenters. The molecule has 0 heterocycles. The van der Waals surface area contributed by atoms with Gasteiger partial charge in [0.15, 0.2) is 6.61 Å². The van der Waals surface area contributed by atoms with Gasteiger partial charge in [-0.1, -0.05) is 30.3 Å². The van der Waals surface area contributed by atoms with E-state index in [9.17, 15) is 14.0 Å². The first-order chi connectivity index (χ1) is 12.1. The standard InChI is InChI=1S/C19H15FN2O3/c20-17-4-2-1-3-16(17)12-22-18(23)13-25-19(24)10-9-14-5-7-15(11-21)8-6-14/h1-10H,12-13H2,(H,22,23)/b10-9+. The summed E-state index contributed by atoms with van der Waals surface area (Å²) in [7, 11) is 0. The topological polar surface area (TPSA) is 79.2 Å². The predicted octanol–water partition coefficient (Wildman–Crippen LogP) is 2.57. The van der Waals surface area contributed by atoms with Crippen molar-refractivity contribution in [2.45, 2.75) is 6.54 Å². The maximum Gasteiger partial charge on any atom is 0.331 e. The molecule has 1 amide bonds. The van der Waals surface area contributed by atoms with Crippen molar-refractivity contribution >= 4 is 18.0 Å². The zero-order valence-electron chi connectivity index (χ0n) is 13.2. The summed E-state index contributed by atoms with van der Waals surface area (Å²) < 4.78 is 18.2. The zero-order valence-corrected chi connectivity index (χ0v) is 13.2. The molecular formula is C19H15FN2O3. The number of ether oxygens (including phenoxy) is 1. The molecule has 0 fully saturated rings. The molecule has 1 N–H and O–H groups in total. The van der Waals surface area contributed by atoms with Gasteiger partial charge >= 0.3 is 5.97 Å². The summed E-state index contributed by atoms with van der Waals surface area (Å²) >= 11 is 0. The number of rotatable bonds is 6. The number of nitrogens with zero attached hydrogens (tertiary/aromatic N) is 1. The fraction of sp³-hybridized carbons (Fsp3) is 0.105. The van der Waals surface area contributed by atoms with E-state index in [0.29, 0.717) is 11.1 Å². The van der Waals surface area contributed by atoms with Crippen LogP contribution in [0, 0.1) is 17.1 Å². The Balaban J connectivity index is 1.75. The Morgan fingerprint density at radius 2 is 1.88 bits per heavy atom. The van der Waals surface area contributed by atoms with Gasteiger partial charge < -0.3 is 10.1 Å². The second kappa shape index (κ2) is 8.99. The number of carbonyl (C=O) groups excluding carboxylic acids is 2. The monoisotopic (exact) mass is 338 g/mol. The van der Waals surface area contributed by atoms with Crippen molar-refractivity contribution in [2.24, 2.45) is 0 Å². The van der Waals surface area contributed by atoms with E-state index < -0.39 is 24.3 Å². The summed E-state index contributed by atoms with van der Waals surface area (Å²) in [5, 5.41) is 11.2. The minimum Gasteiger partial charge on any atom is -0.452 e. The molecule has 2 aromatic carbocycles. The van der Waals surface area contributed by atoms with E-state index in [1.165, 1.54) is 18.2 Å². The highest BCUT2D eigenvalue weighted by molar-refractivity contribution is 5.89.